The number of benzene rings is 1. The van der Waals surface area contributed by atoms with Crippen molar-refractivity contribution < 1.29 is 9.53 Å². The van der Waals surface area contributed by atoms with E-state index in [1.54, 1.807) is 0 Å². The molecular weight excluding hydrogens is 288 g/mol. The Morgan fingerprint density at radius 1 is 1.22 bits per heavy atom. The van der Waals surface area contributed by atoms with E-state index >= 15 is 0 Å². The van der Waals surface area contributed by atoms with Crippen LogP contribution in [0, 0.1) is 5.92 Å². The van der Waals surface area contributed by atoms with Gasteiger partial charge in [0.2, 0.25) is 5.91 Å². The first-order chi connectivity index (χ1) is 11.3. The first-order valence-corrected chi connectivity index (χ1v) is 8.94. The van der Waals surface area contributed by atoms with Gasteiger partial charge in [-0.1, -0.05) is 30.3 Å². The zero-order valence-electron chi connectivity index (χ0n) is 13.9. The second kappa shape index (κ2) is 8.46. The fourth-order valence-electron chi connectivity index (χ4n) is 3.65. The van der Waals surface area contributed by atoms with E-state index in [-0.39, 0.29) is 12.0 Å². The maximum atomic E-state index is 12.0. The van der Waals surface area contributed by atoms with Gasteiger partial charge in [0.15, 0.2) is 0 Å². The fourth-order valence-corrected chi connectivity index (χ4v) is 3.65. The minimum Gasteiger partial charge on any atom is -0.378 e. The van der Waals surface area contributed by atoms with E-state index in [1.165, 1.54) is 18.4 Å². The van der Waals surface area contributed by atoms with Crippen molar-refractivity contribution in [3.63, 3.8) is 0 Å². The molecule has 23 heavy (non-hydrogen) atoms. The molecule has 2 atom stereocenters. The Morgan fingerprint density at radius 3 is 2.87 bits per heavy atom. The van der Waals surface area contributed by atoms with Crippen LogP contribution in [0.4, 0.5) is 0 Å². The number of amides is 1. The van der Waals surface area contributed by atoms with E-state index in [4.69, 9.17) is 4.74 Å². The largest absolute Gasteiger partial charge is 0.378 e. The highest BCUT2D eigenvalue weighted by molar-refractivity contribution is 5.76. The fraction of sp³-hybridized carbons (Fsp3) is 0.632. The zero-order valence-corrected chi connectivity index (χ0v) is 13.9. The molecule has 1 N–H and O–H groups in total. The lowest BCUT2D eigenvalue weighted by Gasteiger charge is -2.33. The molecule has 126 valence electrons. The monoisotopic (exact) mass is 316 g/mol. The lowest BCUT2D eigenvalue weighted by Crippen LogP contribution is -2.41. The SMILES string of the molecule is O=C(C[C@H]1CCCO1)NC[C@H]1CCCN(Cc2ccccc2)C1. The summed E-state index contributed by atoms with van der Waals surface area (Å²) in [6.07, 6.45) is 5.23. The number of piperidine rings is 1. The second-order valence-electron chi connectivity index (χ2n) is 6.87. The topological polar surface area (TPSA) is 41.6 Å². The number of hydrogen-bond donors (Lipinski definition) is 1. The number of nitrogens with zero attached hydrogens (tertiary/aromatic N) is 1. The summed E-state index contributed by atoms with van der Waals surface area (Å²) >= 11 is 0. The molecular formula is C19H28N2O2. The van der Waals surface area contributed by atoms with Gasteiger partial charge in [-0.25, -0.2) is 0 Å². The summed E-state index contributed by atoms with van der Waals surface area (Å²) in [6.45, 7) is 4.87. The summed E-state index contributed by atoms with van der Waals surface area (Å²) in [6, 6.07) is 10.6. The van der Waals surface area contributed by atoms with Crippen LogP contribution in [0.25, 0.3) is 0 Å². The Labute approximate surface area is 139 Å². The standard InChI is InChI=1S/C19H28N2O2/c22-19(12-18-9-5-11-23-18)20-13-17-8-4-10-21(15-17)14-16-6-2-1-3-7-16/h1-3,6-7,17-18H,4-5,8-15H2,(H,20,22)/t17-,18-/m1/s1. The summed E-state index contributed by atoms with van der Waals surface area (Å²) in [5.41, 5.74) is 1.37. The van der Waals surface area contributed by atoms with E-state index in [9.17, 15) is 4.79 Å². The molecule has 0 unspecified atom stereocenters. The number of rotatable bonds is 6. The van der Waals surface area contributed by atoms with Crippen LogP contribution in [0.5, 0.6) is 0 Å². The van der Waals surface area contributed by atoms with Crippen molar-refractivity contribution in [3.8, 4) is 0 Å². The Bertz CT molecular complexity index is 485. The quantitative estimate of drug-likeness (QED) is 0.877. The maximum absolute atomic E-state index is 12.0. The molecule has 3 rings (SSSR count). The Hall–Kier alpha value is -1.39. The predicted molar refractivity (Wildman–Crippen MR) is 91.0 cm³/mol. The number of carbonyl (C=O) groups is 1. The summed E-state index contributed by atoms with van der Waals surface area (Å²) in [5, 5.41) is 3.12. The van der Waals surface area contributed by atoms with Crippen LogP contribution in [0.15, 0.2) is 30.3 Å². The number of nitrogens with one attached hydrogen (secondary N) is 1. The molecule has 0 saturated carbocycles. The molecule has 1 aromatic carbocycles. The van der Waals surface area contributed by atoms with Crippen molar-refractivity contribution in [1.29, 1.82) is 0 Å². The molecule has 2 fully saturated rings. The van der Waals surface area contributed by atoms with E-state index in [0.29, 0.717) is 12.3 Å². The normalized spacial score (nSPS) is 25.4. The van der Waals surface area contributed by atoms with Gasteiger partial charge in [0.05, 0.1) is 12.5 Å². The molecule has 2 saturated heterocycles. The molecule has 2 aliphatic rings. The van der Waals surface area contributed by atoms with Crippen LogP contribution in [0.1, 0.15) is 37.7 Å². The molecule has 2 heterocycles. The number of carbonyl (C=O) groups excluding carboxylic acids is 1. The van der Waals surface area contributed by atoms with Crippen LogP contribution in [-0.4, -0.2) is 43.2 Å². The first kappa shape index (κ1) is 16.5. The average molecular weight is 316 g/mol. The van der Waals surface area contributed by atoms with Crippen molar-refractivity contribution in [1.82, 2.24) is 10.2 Å². The van der Waals surface area contributed by atoms with Crippen molar-refractivity contribution in [2.24, 2.45) is 5.92 Å². The van der Waals surface area contributed by atoms with Crippen molar-refractivity contribution >= 4 is 5.91 Å². The number of hydrogen-bond acceptors (Lipinski definition) is 3. The molecule has 0 aliphatic carbocycles. The highest BCUT2D eigenvalue weighted by Crippen LogP contribution is 2.19. The van der Waals surface area contributed by atoms with Gasteiger partial charge in [-0.05, 0) is 43.7 Å². The summed E-state index contributed by atoms with van der Waals surface area (Å²) < 4.78 is 5.53. The molecule has 0 radical (unpaired) electrons. The van der Waals surface area contributed by atoms with E-state index in [2.05, 4.69) is 40.5 Å². The van der Waals surface area contributed by atoms with Crippen LogP contribution >= 0.6 is 0 Å². The third-order valence-electron chi connectivity index (χ3n) is 4.88. The smallest absolute Gasteiger partial charge is 0.222 e. The lowest BCUT2D eigenvalue weighted by atomic mass is 9.97. The van der Waals surface area contributed by atoms with Crippen LogP contribution < -0.4 is 5.32 Å². The second-order valence-corrected chi connectivity index (χ2v) is 6.87. The molecule has 1 aromatic rings. The highest BCUT2D eigenvalue weighted by atomic mass is 16.5. The van der Waals surface area contributed by atoms with Crippen LogP contribution in [0.2, 0.25) is 0 Å². The van der Waals surface area contributed by atoms with E-state index in [0.717, 1.165) is 45.6 Å². The van der Waals surface area contributed by atoms with Gasteiger partial charge in [0.25, 0.3) is 0 Å². The number of likely N-dealkylation sites (tertiary alicyclic amines) is 1. The summed E-state index contributed by atoms with van der Waals surface area (Å²) in [7, 11) is 0. The average Bonchev–Trinajstić information content (AvgIpc) is 3.07. The first-order valence-electron chi connectivity index (χ1n) is 8.94. The molecule has 0 bridgehead atoms. The van der Waals surface area contributed by atoms with Gasteiger partial charge in [0, 0.05) is 26.2 Å². The Balaban J connectivity index is 1.39. The molecule has 0 aromatic heterocycles. The number of ether oxygens (including phenoxy) is 1. The maximum Gasteiger partial charge on any atom is 0.222 e. The summed E-state index contributed by atoms with van der Waals surface area (Å²) in [4.78, 5) is 14.5. The third kappa shape index (κ3) is 5.33. The Morgan fingerprint density at radius 2 is 2.09 bits per heavy atom. The Kier molecular flexibility index (Phi) is 6.06. The molecule has 4 heteroatoms. The van der Waals surface area contributed by atoms with Gasteiger partial charge in [0.1, 0.15) is 0 Å². The van der Waals surface area contributed by atoms with E-state index < -0.39 is 0 Å². The lowest BCUT2D eigenvalue weighted by molar-refractivity contribution is -0.123. The van der Waals surface area contributed by atoms with E-state index in [1.807, 2.05) is 0 Å². The molecule has 1 amide bonds. The zero-order chi connectivity index (χ0) is 15.9. The van der Waals surface area contributed by atoms with Crippen LogP contribution in [-0.2, 0) is 16.1 Å². The van der Waals surface area contributed by atoms with Gasteiger partial charge in [-0.15, -0.1) is 0 Å². The molecule has 4 nitrogen and oxygen atoms in total. The minimum atomic E-state index is 0.149. The third-order valence-corrected chi connectivity index (χ3v) is 4.88. The van der Waals surface area contributed by atoms with Crippen molar-refractivity contribution in [3.05, 3.63) is 35.9 Å². The molecule has 0 spiro atoms. The minimum absolute atomic E-state index is 0.149. The van der Waals surface area contributed by atoms with Gasteiger partial charge >= 0.3 is 0 Å². The molecule has 2 aliphatic heterocycles. The van der Waals surface area contributed by atoms with Gasteiger partial charge in [-0.2, -0.15) is 0 Å². The van der Waals surface area contributed by atoms with Gasteiger partial charge in [-0.3, -0.25) is 9.69 Å². The predicted octanol–water partition coefficient (Wildman–Crippen LogP) is 2.58. The van der Waals surface area contributed by atoms with Crippen molar-refractivity contribution in [2.45, 2.75) is 44.8 Å². The van der Waals surface area contributed by atoms with Gasteiger partial charge < -0.3 is 10.1 Å². The van der Waals surface area contributed by atoms with Crippen molar-refractivity contribution in [2.75, 3.05) is 26.2 Å². The highest BCUT2D eigenvalue weighted by Gasteiger charge is 2.22. The summed E-state index contributed by atoms with van der Waals surface area (Å²) in [5.74, 6) is 0.720. The van der Waals surface area contributed by atoms with Crippen LogP contribution in [0.3, 0.4) is 0 Å².